The Labute approximate surface area is 184 Å². The van der Waals surface area contributed by atoms with Gasteiger partial charge in [0, 0.05) is 22.2 Å². The van der Waals surface area contributed by atoms with Gasteiger partial charge in [-0.05, 0) is 49.2 Å². The summed E-state index contributed by atoms with van der Waals surface area (Å²) in [4.78, 5) is 36.8. The van der Waals surface area contributed by atoms with Gasteiger partial charge < -0.3 is 14.6 Å². The molecule has 6 nitrogen and oxygen atoms in total. The molecule has 0 amide bonds. The van der Waals surface area contributed by atoms with Crippen molar-refractivity contribution >= 4 is 18.2 Å². The van der Waals surface area contributed by atoms with Gasteiger partial charge in [-0.15, -0.1) is 0 Å². The van der Waals surface area contributed by atoms with Gasteiger partial charge in [0.05, 0.1) is 13.2 Å². The lowest BCUT2D eigenvalue weighted by Crippen LogP contribution is -2.67. The molecule has 0 aromatic rings. The van der Waals surface area contributed by atoms with Crippen LogP contribution in [0.2, 0.25) is 0 Å². The van der Waals surface area contributed by atoms with Crippen LogP contribution in [0.1, 0.15) is 53.9 Å². The van der Waals surface area contributed by atoms with Crippen molar-refractivity contribution in [3.8, 4) is 0 Å². The van der Waals surface area contributed by atoms with Crippen molar-refractivity contribution in [2.45, 2.75) is 65.6 Å². The summed E-state index contributed by atoms with van der Waals surface area (Å²) in [5.74, 6) is -0.482. The average molecular weight is 431 g/mol. The number of rotatable bonds is 3. The number of fused-ring (bicyclic) bond motifs is 5. The Hall–Kier alpha value is -1.95. The Kier molecular flexibility index (Phi) is 4.86. The number of aliphatic hydroxyl groups is 1. The molecule has 170 valence electrons. The van der Waals surface area contributed by atoms with E-state index in [0.717, 1.165) is 12.0 Å². The van der Waals surface area contributed by atoms with Crippen LogP contribution in [0.4, 0.5) is 0 Å². The lowest BCUT2D eigenvalue weighted by atomic mass is 9.38. The number of carbonyl (C=O) groups is 3. The van der Waals surface area contributed by atoms with Gasteiger partial charge in [0.15, 0.2) is 5.78 Å². The first-order valence-electron chi connectivity index (χ1n) is 11.3. The zero-order valence-electron chi connectivity index (χ0n) is 19.3. The minimum Gasteiger partial charge on any atom is -0.466 e. The van der Waals surface area contributed by atoms with Crippen LogP contribution in [0.15, 0.2) is 23.8 Å². The maximum Gasteiger partial charge on any atom is 0.351 e. The predicted octanol–water partition coefficient (Wildman–Crippen LogP) is 3.23. The molecule has 0 aromatic heterocycles. The number of methoxy groups -OCH3 is 1. The van der Waals surface area contributed by atoms with E-state index in [2.05, 4.69) is 20.8 Å². The molecule has 0 saturated heterocycles. The molecular weight excluding hydrogens is 396 g/mol. The molecule has 0 heterocycles. The smallest absolute Gasteiger partial charge is 0.351 e. The average Bonchev–Trinajstić information content (AvgIpc) is 2.93. The molecule has 6 heteroatoms. The van der Waals surface area contributed by atoms with Crippen LogP contribution in [-0.4, -0.2) is 42.1 Å². The SMILES string of the molecule is COC(=O)[C@@]1(OC=O)C(C)CC2C3C[C@H](C)C4=CC(=O)C=C[C@]4(C)[C@@]3(C)[C@@H](O)C[C@@]21C. The van der Waals surface area contributed by atoms with E-state index in [-0.39, 0.29) is 29.5 Å². The Morgan fingerprint density at radius 2 is 1.87 bits per heavy atom. The third-order valence-corrected chi connectivity index (χ3v) is 9.99. The van der Waals surface area contributed by atoms with Crippen LogP contribution >= 0.6 is 0 Å². The van der Waals surface area contributed by atoms with Gasteiger partial charge in [-0.2, -0.15) is 0 Å². The van der Waals surface area contributed by atoms with Crippen LogP contribution in [0.5, 0.6) is 0 Å². The summed E-state index contributed by atoms with van der Waals surface area (Å²) >= 11 is 0. The maximum atomic E-state index is 13.1. The van der Waals surface area contributed by atoms with Crippen LogP contribution in [0.25, 0.3) is 0 Å². The molecule has 0 radical (unpaired) electrons. The molecule has 3 saturated carbocycles. The quantitative estimate of drug-likeness (QED) is 0.546. The van der Waals surface area contributed by atoms with Crippen molar-refractivity contribution in [1.29, 1.82) is 0 Å². The van der Waals surface area contributed by atoms with E-state index in [4.69, 9.17) is 9.47 Å². The van der Waals surface area contributed by atoms with Crippen molar-refractivity contribution in [1.82, 2.24) is 0 Å². The molecule has 4 aliphatic rings. The fourth-order valence-corrected chi connectivity index (χ4v) is 8.29. The highest BCUT2D eigenvalue weighted by atomic mass is 16.6. The Morgan fingerprint density at radius 1 is 1.19 bits per heavy atom. The van der Waals surface area contributed by atoms with Gasteiger partial charge in [-0.3, -0.25) is 9.59 Å². The molecule has 0 bridgehead atoms. The van der Waals surface area contributed by atoms with Crippen molar-refractivity contribution in [2.75, 3.05) is 7.11 Å². The minimum atomic E-state index is -1.42. The third kappa shape index (κ3) is 2.40. The molecule has 9 atom stereocenters. The van der Waals surface area contributed by atoms with Crippen molar-refractivity contribution in [3.63, 3.8) is 0 Å². The van der Waals surface area contributed by atoms with Gasteiger partial charge in [-0.25, -0.2) is 4.79 Å². The number of ketones is 1. The predicted molar refractivity (Wildman–Crippen MR) is 114 cm³/mol. The first kappa shape index (κ1) is 22.3. The highest BCUT2D eigenvalue weighted by Crippen LogP contribution is 2.73. The Morgan fingerprint density at radius 3 is 2.48 bits per heavy atom. The molecule has 31 heavy (non-hydrogen) atoms. The van der Waals surface area contributed by atoms with Gasteiger partial charge in [0.1, 0.15) is 0 Å². The summed E-state index contributed by atoms with van der Waals surface area (Å²) in [5.41, 5.74) is -2.07. The van der Waals surface area contributed by atoms with E-state index in [9.17, 15) is 19.5 Å². The molecule has 3 unspecified atom stereocenters. The highest BCUT2D eigenvalue weighted by Gasteiger charge is 2.76. The lowest BCUT2D eigenvalue weighted by molar-refractivity contribution is -0.226. The number of allylic oxidation sites excluding steroid dienone is 4. The zero-order chi connectivity index (χ0) is 23.0. The minimum absolute atomic E-state index is 0.00454. The molecule has 0 aromatic carbocycles. The Balaban J connectivity index is 1.89. The van der Waals surface area contributed by atoms with Crippen LogP contribution < -0.4 is 0 Å². The zero-order valence-corrected chi connectivity index (χ0v) is 19.3. The van der Waals surface area contributed by atoms with Crippen molar-refractivity contribution in [3.05, 3.63) is 23.8 Å². The molecule has 3 fully saturated rings. The summed E-state index contributed by atoms with van der Waals surface area (Å²) in [6.45, 7) is 10.7. The van der Waals surface area contributed by atoms with E-state index < -0.39 is 33.9 Å². The summed E-state index contributed by atoms with van der Waals surface area (Å²) in [5, 5.41) is 11.7. The lowest BCUT2D eigenvalue weighted by Gasteiger charge is -2.66. The number of hydrogen-bond donors (Lipinski definition) is 1. The number of ether oxygens (including phenoxy) is 2. The van der Waals surface area contributed by atoms with Crippen LogP contribution in [-0.2, 0) is 23.9 Å². The number of hydrogen-bond acceptors (Lipinski definition) is 6. The fourth-order valence-electron chi connectivity index (χ4n) is 8.29. The molecule has 1 N–H and O–H groups in total. The summed E-state index contributed by atoms with van der Waals surface area (Å²) < 4.78 is 10.8. The van der Waals surface area contributed by atoms with E-state index >= 15 is 0 Å². The summed E-state index contributed by atoms with van der Waals surface area (Å²) in [7, 11) is 1.32. The maximum absolute atomic E-state index is 13.1. The fraction of sp³-hybridized carbons (Fsp3) is 0.720. The first-order chi connectivity index (χ1) is 14.4. The van der Waals surface area contributed by atoms with Gasteiger partial charge in [-0.1, -0.05) is 46.3 Å². The van der Waals surface area contributed by atoms with E-state index in [1.807, 2.05) is 19.9 Å². The van der Waals surface area contributed by atoms with E-state index in [1.54, 1.807) is 12.2 Å². The summed E-state index contributed by atoms with van der Waals surface area (Å²) in [6, 6.07) is 0. The first-order valence-corrected chi connectivity index (χ1v) is 11.3. The van der Waals surface area contributed by atoms with E-state index in [1.165, 1.54) is 7.11 Å². The largest absolute Gasteiger partial charge is 0.466 e. The van der Waals surface area contributed by atoms with E-state index in [0.29, 0.717) is 19.3 Å². The summed E-state index contributed by atoms with van der Waals surface area (Å²) in [6.07, 6.45) is 6.43. The van der Waals surface area contributed by atoms with Crippen molar-refractivity contribution in [2.24, 2.45) is 39.9 Å². The van der Waals surface area contributed by atoms with Crippen molar-refractivity contribution < 1.29 is 29.0 Å². The Bertz CT molecular complexity index is 890. The number of esters is 1. The second-order valence-electron chi connectivity index (χ2n) is 10.9. The molecular formula is C25H34O6. The standard InChI is InChI=1S/C25H34O6/c1-14-9-19-18-10-15(2)25(31-13-26,21(29)30-6)23(18,4)12-20(28)24(19,5)22(3)8-7-16(27)11-17(14)22/h7-8,11,13-15,18-20,28H,9-10,12H2,1-6H3/t14-,15?,18?,19?,20-,22-,23-,24+,25-/m0/s1. The van der Waals surface area contributed by atoms with Gasteiger partial charge >= 0.3 is 5.97 Å². The molecule has 0 spiro atoms. The van der Waals surface area contributed by atoms with Gasteiger partial charge in [0.2, 0.25) is 5.60 Å². The molecule has 4 rings (SSSR count). The molecule has 0 aliphatic heterocycles. The normalized spacial score (nSPS) is 50.6. The topological polar surface area (TPSA) is 89.9 Å². The third-order valence-electron chi connectivity index (χ3n) is 9.99. The second kappa shape index (κ2) is 6.77. The monoisotopic (exact) mass is 430 g/mol. The number of carbonyl (C=O) groups excluding carboxylic acids is 3. The van der Waals surface area contributed by atoms with Gasteiger partial charge in [0.25, 0.3) is 6.47 Å². The molecule has 4 aliphatic carbocycles. The van der Waals surface area contributed by atoms with Crippen LogP contribution in [0, 0.1) is 39.9 Å². The second-order valence-corrected chi connectivity index (χ2v) is 10.9. The highest BCUT2D eigenvalue weighted by molar-refractivity contribution is 6.01. The van der Waals surface area contributed by atoms with Crippen LogP contribution in [0.3, 0.4) is 0 Å². The number of aliphatic hydroxyl groups excluding tert-OH is 1.